The van der Waals surface area contributed by atoms with Gasteiger partial charge >= 0.3 is 5.97 Å². The zero-order chi connectivity index (χ0) is 19.2. The van der Waals surface area contributed by atoms with Gasteiger partial charge in [0.25, 0.3) is 0 Å². The fourth-order valence-electron chi connectivity index (χ4n) is 2.77. The molecule has 0 aliphatic heterocycles. The summed E-state index contributed by atoms with van der Waals surface area (Å²) in [6, 6.07) is 13.8. The number of ether oxygens (including phenoxy) is 1. The van der Waals surface area contributed by atoms with E-state index < -0.39 is 5.97 Å². The summed E-state index contributed by atoms with van der Waals surface area (Å²) >= 11 is 0. The van der Waals surface area contributed by atoms with Crippen LogP contribution < -0.4 is 4.90 Å². The highest BCUT2D eigenvalue weighted by Gasteiger charge is 2.23. The van der Waals surface area contributed by atoms with Crippen LogP contribution in [0.15, 0.2) is 61.1 Å². The largest absolute Gasteiger partial charge is 0.462 e. The molecule has 0 bridgehead atoms. The number of carbonyl (C=O) groups is 1. The van der Waals surface area contributed by atoms with Crippen LogP contribution in [0.5, 0.6) is 0 Å². The van der Waals surface area contributed by atoms with Gasteiger partial charge in [0.2, 0.25) is 0 Å². The van der Waals surface area contributed by atoms with Crippen LogP contribution in [-0.2, 0) is 4.74 Å². The van der Waals surface area contributed by atoms with Crippen molar-refractivity contribution in [3.05, 3.63) is 72.2 Å². The molecule has 0 amide bonds. The van der Waals surface area contributed by atoms with E-state index in [0.29, 0.717) is 23.8 Å². The lowest BCUT2D eigenvalue weighted by Crippen LogP contribution is -2.26. The number of benzene rings is 1. The van der Waals surface area contributed by atoms with E-state index in [-0.39, 0.29) is 6.04 Å². The average Bonchev–Trinajstić information content (AvgIpc) is 2.73. The zero-order valence-corrected chi connectivity index (χ0v) is 15.7. The molecule has 0 fully saturated rings. The summed E-state index contributed by atoms with van der Waals surface area (Å²) in [4.78, 5) is 27.5. The van der Waals surface area contributed by atoms with Crippen molar-refractivity contribution in [2.75, 3.05) is 18.6 Å². The minimum atomic E-state index is -0.433. The summed E-state index contributed by atoms with van der Waals surface area (Å²) in [5, 5.41) is 0. The van der Waals surface area contributed by atoms with Crippen molar-refractivity contribution in [2.45, 2.75) is 19.9 Å². The second-order valence-electron chi connectivity index (χ2n) is 6.09. The van der Waals surface area contributed by atoms with Crippen molar-refractivity contribution < 1.29 is 9.53 Å². The second-order valence-corrected chi connectivity index (χ2v) is 6.09. The fourth-order valence-corrected chi connectivity index (χ4v) is 2.77. The fraction of sp³-hybridized carbons (Fsp3) is 0.238. The molecule has 1 aromatic carbocycles. The Bertz CT molecular complexity index is 901. The lowest BCUT2D eigenvalue weighted by Gasteiger charge is -2.28. The lowest BCUT2D eigenvalue weighted by molar-refractivity contribution is 0.0526. The molecule has 2 heterocycles. The van der Waals surface area contributed by atoms with Crippen molar-refractivity contribution >= 4 is 11.8 Å². The third-order valence-corrected chi connectivity index (χ3v) is 4.38. The maximum atomic E-state index is 12.4. The Labute approximate surface area is 158 Å². The molecule has 1 atom stereocenters. The van der Waals surface area contributed by atoms with Crippen molar-refractivity contribution in [1.29, 1.82) is 0 Å². The molecule has 0 N–H and O–H groups in total. The van der Waals surface area contributed by atoms with E-state index in [1.807, 2.05) is 42.3 Å². The molecule has 6 nitrogen and oxygen atoms in total. The number of hydrogen-bond donors (Lipinski definition) is 0. The SMILES string of the molecule is CCOC(=O)c1cnc(-c2cccnc2)nc1N(C)C(C)c1ccccc1. The van der Waals surface area contributed by atoms with Crippen LogP contribution in [0.25, 0.3) is 11.4 Å². The minimum absolute atomic E-state index is 0.0102. The first kappa shape index (κ1) is 18.5. The third kappa shape index (κ3) is 4.11. The van der Waals surface area contributed by atoms with E-state index >= 15 is 0 Å². The number of esters is 1. The van der Waals surface area contributed by atoms with E-state index in [0.717, 1.165) is 11.1 Å². The molecule has 6 heteroatoms. The quantitative estimate of drug-likeness (QED) is 0.619. The second kappa shape index (κ2) is 8.40. The van der Waals surface area contributed by atoms with Crippen LogP contribution in [0.4, 0.5) is 5.82 Å². The van der Waals surface area contributed by atoms with Gasteiger partial charge in [0, 0.05) is 31.2 Å². The maximum absolute atomic E-state index is 12.4. The van der Waals surface area contributed by atoms with E-state index in [1.54, 1.807) is 19.3 Å². The summed E-state index contributed by atoms with van der Waals surface area (Å²) in [7, 11) is 1.91. The Kier molecular flexibility index (Phi) is 5.76. The van der Waals surface area contributed by atoms with Crippen LogP contribution in [-0.4, -0.2) is 34.6 Å². The Hall–Kier alpha value is -3.28. The molecule has 138 valence electrons. The van der Waals surface area contributed by atoms with Crippen molar-refractivity contribution in [2.24, 2.45) is 0 Å². The number of rotatable bonds is 6. The topological polar surface area (TPSA) is 68.2 Å². The molecule has 0 aliphatic rings. The molecule has 0 radical (unpaired) electrons. The first-order chi connectivity index (χ1) is 13.1. The van der Waals surface area contributed by atoms with Gasteiger partial charge in [-0.2, -0.15) is 0 Å². The molecule has 0 spiro atoms. The number of carbonyl (C=O) groups excluding carboxylic acids is 1. The van der Waals surface area contributed by atoms with Gasteiger partial charge in [-0.3, -0.25) is 4.98 Å². The van der Waals surface area contributed by atoms with Crippen molar-refractivity contribution in [3.63, 3.8) is 0 Å². The highest BCUT2D eigenvalue weighted by molar-refractivity contribution is 5.94. The summed E-state index contributed by atoms with van der Waals surface area (Å²) in [5.74, 6) is 0.606. The number of hydrogen-bond acceptors (Lipinski definition) is 6. The Morgan fingerprint density at radius 3 is 2.59 bits per heavy atom. The predicted molar refractivity (Wildman–Crippen MR) is 104 cm³/mol. The zero-order valence-electron chi connectivity index (χ0n) is 15.7. The summed E-state index contributed by atoms with van der Waals surface area (Å²) in [6.45, 7) is 4.13. The van der Waals surface area contributed by atoms with Crippen LogP contribution >= 0.6 is 0 Å². The van der Waals surface area contributed by atoms with E-state index in [9.17, 15) is 4.79 Å². The highest BCUT2D eigenvalue weighted by atomic mass is 16.5. The van der Waals surface area contributed by atoms with Crippen molar-refractivity contribution in [3.8, 4) is 11.4 Å². The number of aromatic nitrogens is 3. The number of nitrogens with zero attached hydrogens (tertiary/aromatic N) is 4. The summed E-state index contributed by atoms with van der Waals surface area (Å²) in [6.07, 6.45) is 4.92. The highest BCUT2D eigenvalue weighted by Crippen LogP contribution is 2.28. The lowest BCUT2D eigenvalue weighted by atomic mass is 10.1. The van der Waals surface area contributed by atoms with Gasteiger partial charge in [0.1, 0.15) is 11.4 Å². The number of anilines is 1. The Balaban J connectivity index is 2.05. The van der Waals surface area contributed by atoms with Gasteiger partial charge in [-0.25, -0.2) is 14.8 Å². The van der Waals surface area contributed by atoms with Crippen LogP contribution in [0.1, 0.15) is 35.8 Å². The summed E-state index contributed by atoms with van der Waals surface area (Å²) in [5.41, 5.74) is 2.25. The first-order valence-electron chi connectivity index (χ1n) is 8.84. The molecule has 0 saturated carbocycles. The summed E-state index contributed by atoms with van der Waals surface area (Å²) < 4.78 is 5.19. The molecule has 3 rings (SSSR count). The van der Waals surface area contributed by atoms with Gasteiger partial charge < -0.3 is 9.64 Å². The standard InChI is InChI=1S/C21H22N4O2/c1-4-27-21(26)18-14-23-19(17-11-8-12-22-13-17)24-20(18)25(3)15(2)16-9-6-5-7-10-16/h5-15H,4H2,1-3H3. The predicted octanol–water partition coefficient (Wildman–Crippen LogP) is 3.91. The molecule has 1 unspecified atom stereocenters. The number of pyridine rings is 1. The molecule has 0 aliphatic carbocycles. The average molecular weight is 362 g/mol. The van der Waals surface area contributed by atoms with E-state index in [1.165, 1.54) is 6.20 Å². The molecule has 2 aromatic heterocycles. The van der Waals surface area contributed by atoms with Gasteiger partial charge in [0.15, 0.2) is 5.82 Å². The molecular weight excluding hydrogens is 340 g/mol. The normalized spacial score (nSPS) is 11.7. The maximum Gasteiger partial charge on any atom is 0.343 e. The Morgan fingerprint density at radius 1 is 1.15 bits per heavy atom. The molecule has 3 aromatic rings. The van der Waals surface area contributed by atoms with Gasteiger partial charge in [-0.1, -0.05) is 30.3 Å². The smallest absolute Gasteiger partial charge is 0.343 e. The van der Waals surface area contributed by atoms with Gasteiger partial charge in [0.05, 0.1) is 12.6 Å². The van der Waals surface area contributed by atoms with E-state index in [4.69, 9.17) is 4.74 Å². The monoisotopic (exact) mass is 362 g/mol. The minimum Gasteiger partial charge on any atom is -0.462 e. The van der Waals surface area contributed by atoms with Gasteiger partial charge in [-0.15, -0.1) is 0 Å². The van der Waals surface area contributed by atoms with Crippen LogP contribution in [0, 0.1) is 0 Å². The van der Waals surface area contributed by atoms with Gasteiger partial charge in [-0.05, 0) is 31.5 Å². The van der Waals surface area contributed by atoms with Crippen LogP contribution in [0.3, 0.4) is 0 Å². The Morgan fingerprint density at radius 2 is 1.93 bits per heavy atom. The van der Waals surface area contributed by atoms with E-state index in [2.05, 4.69) is 34.0 Å². The third-order valence-electron chi connectivity index (χ3n) is 4.38. The molecule has 0 saturated heterocycles. The molecule has 27 heavy (non-hydrogen) atoms. The van der Waals surface area contributed by atoms with Crippen LogP contribution in [0.2, 0.25) is 0 Å². The van der Waals surface area contributed by atoms with Crippen molar-refractivity contribution in [1.82, 2.24) is 15.0 Å². The molecular formula is C21H22N4O2. The first-order valence-corrected chi connectivity index (χ1v) is 8.84.